The summed E-state index contributed by atoms with van der Waals surface area (Å²) in [5.74, 6) is 2.38. The van der Waals surface area contributed by atoms with Gasteiger partial charge in [0, 0.05) is 54.3 Å². The van der Waals surface area contributed by atoms with E-state index in [9.17, 15) is 4.79 Å². The zero-order valence-electron chi connectivity index (χ0n) is 20.8. The third kappa shape index (κ3) is 4.91. The Morgan fingerprint density at radius 2 is 1.51 bits per heavy atom. The molecule has 188 valence electrons. The number of benzene rings is 2. The van der Waals surface area contributed by atoms with Gasteiger partial charge in [-0.3, -0.25) is 4.79 Å². The van der Waals surface area contributed by atoms with Crippen molar-refractivity contribution in [2.45, 2.75) is 37.8 Å². The maximum absolute atomic E-state index is 13.5. The molecule has 0 radical (unpaired) electrons. The molecular formula is C29H29N5O3. The SMILES string of the molecule is COc1ccc(-c2cnc(N3CCC(N(C(=O)c4ccc(-c5cnco5)cc4)C4CC4)CC3)nc2)cc1. The summed E-state index contributed by atoms with van der Waals surface area (Å²) in [4.78, 5) is 31.1. The van der Waals surface area contributed by atoms with Crippen LogP contribution in [0.3, 0.4) is 0 Å². The van der Waals surface area contributed by atoms with E-state index in [0.717, 1.165) is 72.7 Å². The van der Waals surface area contributed by atoms with Gasteiger partial charge in [-0.15, -0.1) is 0 Å². The Bertz CT molecular complexity index is 1330. The molecule has 2 aliphatic rings. The minimum Gasteiger partial charge on any atom is -0.497 e. The predicted octanol–water partition coefficient (Wildman–Crippen LogP) is 5.08. The fraction of sp³-hybridized carbons (Fsp3) is 0.310. The van der Waals surface area contributed by atoms with Crippen LogP contribution in [0.1, 0.15) is 36.0 Å². The molecule has 1 amide bonds. The van der Waals surface area contributed by atoms with Gasteiger partial charge in [-0.2, -0.15) is 0 Å². The van der Waals surface area contributed by atoms with Crippen LogP contribution in [0.4, 0.5) is 5.95 Å². The van der Waals surface area contributed by atoms with Crippen molar-refractivity contribution < 1.29 is 13.9 Å². The second-order valence-electron chi connectivity index (χ2n) is 9.61. The Morgan fingerprint density at radius 3 is 2.11 bits per heavy atom. The summed E-state index contributed by atoms with van der Waals surface area (Å²) in [7, 11) is 1.66. The summed E-state index contributed by atoms with van der Waals surface area (Å²) in [6.07, 6.45) is 10.8. The molecule has 37 heavy (non-hydrogen) atoms. The van der Waals surface area contributed by atoms with E-state index in [1.807, 2.05) is 60.9 Å². The first-order chi connectivity index (χ1) is 18.2. The zero-order chi connectivity index (χ0) is 25.2. The number of carbonyl (C=O) groups is 1. The molecule has 0 atom stereocenters. The molecule has 0 bridgehead atoms. The highest BCUT2D eigenvalue weighted by Crippen LogP contribution is 2.34. The van der Waals surface area contributed by atoms with Crippen LogP contribution in [0, 0.1) is 0 Å². The van der Waals surface area contributed by atoms with Gasteiger partial charge in [0.25, 0.3) is 5.91 Å². The first-order valence-corrected chi connectivity index (χ1v) is 12.7. The maximum Gasteiger partial charge on any atom is 0.254 e. The number of oxazole rings is 1. The van der Waals surface area contributed by atoms with Gasteiger partial charge in [0.2, 0.25) is 5.95 Å². The number of hydrogen-bond acceptors (Lipinski definition) is 7. The lowest BCUT2D eigenvalue weighted by Gasteiger charge is -2.39. The molecule has 0 unspecified atom stereocenters. The fourth-order valence-corrected chi connectivity index (χ4v) is 5.03. The van der Waals surface area contributed by atoms with Crippen LogP contribution in [0.15, 0.2) is 77.9 Å². The van der Waals surface area contributed by atoms with Crippen LogP contribution in [0.5, 0.6) is 5.75 Å². The van der Waals surface area contributed by atoms with Crippen LogP contribution in [0.2, 0.25) is 0 Å². The van der Waals surface area contributed by atoms with E-state index in [-0.39, 0.29) is 11.9 Å². The first-order valence-electron chi connectivity index (χ1n) is 12.7. The van der Waals surface area contributed by atoms with Gasteiger partial charge >= 0.3 is 0 Å². The van der Waals surface area contributed by atoms with Gasteiger partial charge in [-0.1, -0.05) is 24.3 Å². The molecule has 1 aliphatic heterocycles. The smallest absolute Gasteiger partial charge is 0.254 e. The van der Waals surface area contributed by atoms with Crippen molar-refractivity contribution in [2.24, 2.45) is 0 Å². The van der Waals surface area contributed by atoms with E-state index in [1.165, 1.54) is 6.39 Å². The van der Waals surface area contributed by atoms with Gasteiger partial charge in [-0.05, 0) is 55.5 Å². The topological polar surface area (TPSA) is 84.6 Å². The van der Waals surface area contributed by atoms with Gasteiger partial charge < -0.3 is 19.0 Å². The standard InChI is InChI=1S/C29H29N5O3/c1-36-26-10-6-20(7-11-26)23-16-31-29(32-17-23)33-14-12-25(13-15-33)34(24-8-9-24)28(35)22-4-2-21(3-5-22)27-18-30-19-37-27/h2-7,10-11,16-19,24-25H,8-9,12-15H2,1H3. The molecule has 0 spiro atoms. The Labute approximate surface area is 215 Å². The molecule has 8 heteroatoms. The average molecular weight is 496 g/mol. The lowest BCUT2D eigenvalue weighted by atomic mass is 10.0. The van der Waals surface area contributed by atoms with Gasteiger partial charge in [-0.25, -0.2) is 15.0 Å². The third-order valence-corrected chi connectivity index (χ3v) is 7.23. The molecular weight excluding hydrogens is 466 g/mol. The Morgan fingerprint density at radius 1 is 0.865 bits per heavy atom. The molecule has 4 aromatic rings. The predicted molar refractivity (Wildman–Crippen MR) is 140 cm³/mol. The fourth-order valence-electron chi connectivity index (χ4n) is 5.03. The summed E-state index contributed by atoms with van der Waals surface area (Å²) in [5.41, 5.74) is 3.66. The van der Waals surface area contributed by atoms with Crippen molar-refractivity contribution in [1.82, 2.24) is 19.9 Å². The lowest BCUT2D eigenvalue weighted by molar-refractivity contribution is 0.0630. The van der Waals surface area contributed by atoms with Crippen molar-refractivity contribution in [3.8, 4) is 28.2 Å². The van der Waals surface area contributed by atoms with Crippen LogP contribution >= 0.6 is 0 Å². The monoisotopic (exact) mass is 495 g/mol. The minimum atomic E-state index is 0.116. The largest absolute Gasteiger partial charge is 0.497 e. The van der Waals surface area contributed by atoms with E-state index < -0.39 is 0 Å². The number of ether oxygens (including phenoxy) is 1. The molecule has 2 aromatic carbocycles. The second-order valence-corrected chi connectivity index (χ2v) is 9.61. The molecule has 1 aliphatic carbocycles. The third-order valence-electron chi connectivity index (χ3n) is 7.23. The van der Waals surface area contributed by atoms with Crippen LogP contribution in [-0.2, 0) is 0 Å². The highest BCUT2D eigenvalue weighted by Gasteiger charge is 2.39. The van der Waals surface area contributed by atoms with Crippen molar-refractivity contribution in [3.05, 3.63) is 79.1 Å². The molecule has 0 N–H and O–H groups in total. The van der Waals surface area contributed by atoms with Crippen LogP contribution in [0.25, 0.3) is 22.5 Å². The number of methoxy groups -OCH3 is 1. The highest BCUT2D eigenvalue weighted by molar-refractivity contribution is 5.95. The summed E-state index contributed by atoms with van der Waals surface area (Å²) >= 11 is 0. The van der Waals surface area contributed by atoms with Crippen molar-refractivity contribution in [1.29, 1.82) is 0 Å². The normalized spacial score (nSPS) is 16.0. The first kappa shape index (κ1) is 23.2. The summed E-state index contributed by atoms with van der Waals surface area (Å²) < 4.78 is 10.6. The van der Waals surface area contributed by atoms with Crippen molar-refractivity contribution in [2.75, 3.05) is 25.1 Å². The highest BCUT2D eigenvalue weighted by atomic mass is 16.5. The van der Waals surface area contributed by atoms with Gasteiger partial charge in [0.1, 0.15) is 5.75 Å². The molecule has 1 saturated carbocycles. The minimum absolute atomic E-state index is 0.116. The lowest BCUT2D eigenvalue weighted by Crippen LogP contribution is -2.48. The number of nitrogens with zero attached hydrogens (tertiary/aromatic N) is 5. The van der Waals surface area contributed by atoms with E-state index in [0.29, 0.717) is 11.8 Å². The Hall–Kier alpha value is -4.20. The summed E-state index contributed by atoms with van der Waals surface area (Å²) in [6.45, 7) is 1.65. The quantitative estimate of drug-likeness (QED) is 0.353. The number of anilines is 1. The zero-order valence-corrected chi connectivity index (χ0v) is 20.8. The van der Waals surface area contributed by atoms with Crippen LogP contribution in [-0.4, -0.2) is 58.0 Å². The maximum atomic E-state index is 13.5. The average Bonchev–Trinajstić information content (AvgIpc) is 3.64. The van der Waals surface area contributed by atoms with Crippen molar-refractivity contribution >= 4 is 11.9 Å². The van der Waals surface area contributed by atoms with Crippen LogP contribution < -0.4 is 9.64 Å². The molecule has 2 fully saturated rings. The molecule has 2 aromatic heterocycles. The number of rotatable bonds is 7. The number of amides is 1. The van der Waals surface area contributed by atoms with E-state index in [1.54, 1.807) is 13.3 Å². The number of hydrogen-bond donors (Lipinski definition) is 0. The van der Waals surface area contributed by atoms with Gasteiger partial charge in [0.05, 0.1) is 13.3 Å². The molecule has 6 rings (SSSR count). The molecule has 3 heterocycles. The van der Waals surface area contributed by atoms with E-state index in [4.69, 9.17) is 9.15 Å². The number of piperidine rings is 1. The van der Waals surface area contributed by atoms with E-state index >= 15 is 0 Å². The van der Waals surface area contributed by atoms with Gasteiger partial charge in [0.15, 0.2) is 12.2 Å². The second kappa shape index (κ2) is 10.0. The van der Waals surface area contributed by atoms with E-state index in [2.05, 4.69) is 24.8 Å². The number of carbonyl (C=O) groups excluding carboxylic acids is 1. The Kier molecular flexibility index (Phi) is 6.30. The van der Waals surface area contributed by atoms with Crippen molar-refractivity contribution in [3.63, 3.8) is 0 Å². The molecule has 1 saturated heterocycles. The Balaban J connectivity index is 1.10. The number of aromatic nitrogens is 3. The summed E-state index contributed by atoms with van der Waals surface area (Å²) in [6, 6.07) is 16.1. The molecule has 8 nitrogen and oxygen atoms in total. The summed E-state index contributed by atoms with van der Waals surface area (Å²) in [5, 5.41) is 0.